The van der Waals surface area contributed by atoms with Crippen LogP contribution < -0.4 is 0 Å². The van der Waals surface area contributed by atoms with E-state index < -0.39 is 36.4 Å². The van der Waals surface area contributed by atoms with Gasteiger partial charge in [-0.25, -0.2) is 4.79 Å². The van der Waals surface area contributed by atoms with E-state index in [1.54, 1.807) is 51.1 Å². The van der Waals surface area contributed by atoms with Gasteiger partial charge in [-0.3, -0.25) is 0 Å². The van der Waals surface area contributed by atoms with E-state index in [2.05, 4.69) is 0 Å². The molecule has 0 aromatic heterocycles. The van der Waals surface area contributed by atoms with Crippen molar-refractivity contribution in [3.05, 3.63) is 35.9 Å². The van der Waals surface area contributed by atoms with Crippen LogP contribution in [-0.2, 0) is 35.1 Å². The molecule has 0 unspecified atom stereocenters. The van der Waals surface area contributed by atoms with Gasteiger partial charge in [0.25, 0.3) is 6.49 Å². The second-order valence-corrected chi connectivity index (χ2v) is 9.84. The van der Waals surface area contributed by atoms with Crippen LogP contribution in [-0.4, -0.2) is 50.5 Å². The first kappa shape index (κ1) is 24.3. The van der Waals surface area contributed by atoms with Gasteiger partial charge in [0.1, 0.15) is 12.7 Å². The topological polar surface area (TPSA) is 63.2 Å². The molecule has 1 saturated heterocycles. The van der Waals surface area contributed by atoms with Crippen molar-refractivity contribution in [1.82, 2.24) is 0 Å². The summed E-state index contributed by atoms with van der Waals surface area (Å²) in [6.07, 6.45) is -2.05. The second kappa shape index (κ2) is 10.9. The third kappa shape index (κ3) is 5.81. The molecule has 6 nitrogen and oxygen atoms in total. The molecule has 3 atom stereocenters. The summed E-state index contributed by atoms with van der Waals surface area (Å²) in [4.78, 5) is 12.2. The number of hydrogen-bond donors (Lipinski definition) is 0. The molecule has 10 heteroatoms. The molecular formula is C19H27F2O6PS. The zero-order chi connectivity index (χ0) is 21.5. The van der Waals surface area contributed by atoms with E-state index in [0.717, 1.165) is 0 Å². The third-order valence-corrected chi connectivity index (χ3v) is 7.99. The zero-order valence-electron chi connectivity index (χ0n) is 16.7. The molecule has 1 heterocycles. The number of benzene rings is 1. The van der Waals surface area contributed by atoms with Crippen LogP contribution in [0.15, 0.2) is 30.3 Å². The average Bonchev–Trinajstić information content (AvgIpc) is 3.11. The van der Waals surface area contributed by atoms with Gasteiger partial charge >= 0.3 is 11.6 Å². The summed E-state index contributed by atoms with van der Waals surface area (Å²) in [5, 5.41) is 0. The minimum Gasteiger partial charge on any atom is -0.459 e. The van der Waals surface area contributed by atoms with Crippen LogP contribution >= 0.6 is 6.49 Å². The fourth-order valence-electron chi connectivity index (χ4n) is 3.09. The quantitative estimate of drug-likeness (QED) is 0.360. The normalized spacial score (nSPS) is 22.6. The molecule has 2 rings (SSSR count). The van der Waals surface area contributed by atoms with Crippen LogP contribution in [0.1, 0.15) is 37.6 Å². The second-order valence-electron chi connectivity index (χ2n) is 6.29. The summed E-state index contributed by atoms with van der Waals surface area (Å²) in [5.41, 5.74) is -3.16. The fourth-order valence-corrected chi connectivity index (χ4v) is 5.90. The molecule has 0 spiro atoms. The molecule has 1 aromatic carbocycles. The van der Waals surface area contributed by atoms with Gasteiger partial charge in [-0.2, -0.15) is 8.78 Å². The molecule has 164 valence electrons. The van der Waals surface area contributed by atoms with E-state index in [9.17, 15) is 4.79 Å². The summed E-state index contributed by atoms with van der Waals surface area (Å²) in [6, 6.07) is 8.29. The Bertz CT molecular complexity index is 695. The summed E-state index contributed by atoms with van der Waals surface area (Å²) in [6.45, 7) is 0.924. The molecule has 29 heavy (non-hydrogen) atoms. The van der Waals surface area contributed by atoms with Crippen molar-refractivity contribution < 1.29 is 36.8 Å². The molecule has 1 aliphatic rings. The van der Waals surface area contributed by atoms with Gasteiger partial charge in [-0.05, 0) is 44.7 Å². The Morgan fingerprint density at radius 1 is 1.17 bits per heavy atom. The lowest BCUT2D eigenvalue weighted by molar-refractivity contribution is -0.143. The van der Waals surface area contributed by atoms with Gasteiger partial charge in [0.15, 0.2) is 6.29 Å². The van der Waals surface area contributed by atoms with Crippen LogP contribution in [0.25, 0.3) is 0 Å². The Morgan fingerprint density at radius 2 is 1.79 bits per heavy atom. The molecule has 0 amide bonds. The van der Waals surface area contributed by atoms with E-state index in [4.69, 9.17) is 35.1 Å². The van der Waals surface area contributed by atoms with Crippen molar-refractivity contribution in [1.29, 1.82) is 0 Å². The molecule has 0 N–H and O–H groups in total. The van der Waals surface area contributed by atoms with Crippen molar-refractivity contribution in [3.8, 4) is 0 Å². The molecular weight excluding hydrogens is 425 g/mol. The highest BCUT2D eigenvalue weighted by Crippen LogP contribution is 2.67. The Morgan fingerprint density at radius 3 is 2.34 bits per heavy atom. The van der Waals surface area contributed by atoms with Crippen molar-refractivity contribution in [2.75, 3.05) is 26.4 Å². The van der Waals surface area contributed by atoms with Crippen molar-refractivity contribution in [3.63, 3.8) is 0 Å². The highest BCUT2D eigenvalue weighted by molar-refractivity contribution is 8.10. The fraction of sp³-hybridized carbons (Fsp3) is 0.632. The van der Waals surface area contributed by atoms with Crippen LogP contribution in [0, 0.1) is 5.92 Å². The smallest absolute Gasteiger partial charge is 0.338 e. The minimum absolute atomic E-state index is 0.00297. The SMILES string of the molecule is CCO[C@@H]1C[C@H](C(F)(F)P(=S)(OCC)OCC)[C@@H](COC(=O)c2ccccc2)O1. The van der Waals surface area contributed by atoms with E-state index in [0.29, 0.717) is 12.2 Å². The molecule has 1 aromatic rings. The lowest BCUT2D eigenvalue weighted by Crippen LogP contribution is -2.38. The first-order valence-electron chi connectivity index (χ1n) is 9.55. The number of carbonyl (C=O) groups is 1. The lowest BCUT2D eigenvalue weighted by Gasteiger charge is -2.34. The Labute approximate surface area is 175 Å². The summed E-state index contributed by atoms with van der Waals surface area (Å²) in [7, 11) is 0. The average molecular weight is 452 g/mol. The van der Waals surface area contributed by atoms with Crippen LogP contribution in [0.5, 0.6) is 0 Å². The number of halogens is 2. The maximum absolute atomic E-state index is 15.5. The minimum atomic E-state index is -3.94. The predicted molar refractivity (Wildman–Crippen MR) is 108 cm³/mol. The van der Waals surface area contributed by atoms with E-state index in [1.807, 2.05) is 0 Å². The van der Waals surface area contributed by atoms with Crippen LogP contribution in [0.3, 0.4) is 0 Å². The van der Waals surface area contributed by atoms with E-state index >= 15 is 8.78 Å². The number of rotatable bonds is 11. The summed E-state index contributed by atoms with van der Waals surface area (Å²) in [5.74, 6) is -1.99. The molecule has 0 aliphatic carbocycles. The third-order valence-electron chi connectivity index (χ3n) is 4.37. The van der Waals surface area contributed by atoms with Crippen LogP contribution in [0.4, 0.5) is 8.78 Å². The number of alkyl halides is 2. The predicted octanol–water partition coefficient (Wildman–Crippen LogP) is 4.59. The lowest BCUT2D eigenvalue weighted by atomic mass is 10.0. The van der Waals surface area contributed by atoms with Gasteiger partial charge in [0, 0.05) is 13.0 Å². The van der Waals surface area contributed by atoms with E-state index in [1.165, 1.54) is 0 Å². The first-order chi connectivity index (χ1) is 13.8. The van der Waals surface area contributed by atoms with Gasteiger partial charge in [0.05, 0.1) is 24.7 Å². The molecule has 0 bridgehead atoms. The Balaban J connectivity index is 2.19. The number of esters is 1. The van der Waals surface area contributed by atoms with Gasteiger partial charge < -0.3 is 23.3 Å². The zero-order valence-corrected chi connectivity index (χ0v) is 18.4. The highest BCUT2D eigenvalue weighted by atomic mass is 32.5. The molecule has 1 aliphatic heterocycles. The first-order valence-corrected chi connectivity index (χ1v) is 12.2. The standard InChI is InChI=1S/C19H27F2O6PS/c1-4-23-17-12-15(19(20,21)28(29,25-5-2)26-6-3)16(27-17)13-24-18(22)14-10-8-7-9-11-14/h7-11,15-17H,4-6,12-13H2,1-3H3/t15-,16+,17-/m0/s1. The molecule has 0 saturated carbocycles. The van der Waals surface area contributed by atoms with Gasteiger partial charge in [-0.1, -0.05) is 18.2 Å². The monoisotopic (exact) mass is 452 g/mol. The Kier molecular flexibility index (Phi) is 9.13. The van der Waals surface area contributed by atoms with Crippen molar-refractivity contribution in [2.45, 2.75) is 45.2 Å². The summed E-state index contributed by atoms with van der Waals surface area (Å²) >= 11 is 5.15. The van der Waals surface area contributed by atoms with Gasteiger partial charge in [-0.15, -0.1) is 0 Å². The molecule has 0 radical (unpaired) electrons. The maximum atomic E-state index is 15.5. The highest BCUT2D eigenvalue weighted by Gasteiger charge is 2.60. The van der Waals surface area contributed by atoms with E-state index in [-0.39, 0.29) is 26.2 Å². The number of hydrogen-bond acceptors (Lipinski definition) is 7. The largest absolute Gasteiger partial charge is 0.459 e. The van der Waals surface area contributed by atoms with Gasteiger partial charge in [0.2, 0.25) is 0 Å². The number of ether oxygens (including phenoxy) is 3. The van der Waals surface area contributed by atoms with Crippen molar-refractivity contribution >= 4 is 24.3 Å². The maximum Gasteiger partial charge on any atom is 0.338 e. The van der Waals surface area contributed by atoms with Crippen molar-refractivity contribution in [2.24, 2.45) is 5.92 Å². The van der Waals surface area contributed by atoms with Crippen LogP contribution in [0.2, 0.25) is 0 Å². The Hall–Kier alpha value is -0.960. The number of carbonyl (C=O) groups excluding carboxylic acids is 1. The molecule has 1 fully saturated rings. The summed E-state index contributed by atoms with van der Waals surface area (Å²) < 4.78 is 57.7.